The van der Waals surface area contributed by atoms with Crippen molar-refractivity contribution in [2.45, 2.75) is 71.1 Å². The summed E-state index contributed by atoms with van der Waals surface area (Å²) in [6.45, 7) is 8.20. The average Bonchev–Trinajstić information content (AvgIpc) is 3.15. The summed E-state index contributed by atoms with van der Waals surface area (Å²) in [6.07, 6.45) is 6.36. The van der Waals surface area contributed by atoms with Gasteiger partial charge in [-0.3, -0.25) is 4.90 Å². The van der Waals surface area contributed by atoms with Gasteiger partial charge in [0.15, 0.2) is 0 Å². The Kier molecular flexibility index (Phi) is 5.72. The molecule has 1 saturated heterocycles. The molecule has 2 atom stereocenters. The number of aryl methyl sites for hydroxylation is 1. The van der Waals surface area contributed by atoms with Gasteiger partial charge in [0.05, 0.1) is 6.10 Å². The molecule has 1 aromatic rings. The van der Waals surface area contributed by atoms with Crippen LogP contribution in [-0.4, -0.2) is 46.9 Å². The first kappa shape index (κ1) is 16.9. The summed E-state index contributed by atoms with van der Waals surface area (Å²) in [5.41, 5.74) is 2.41. The summed E-state index contributed by atoms with van der Waals surface area (Å²) < 4.78 is 5.57. The largest absolute Gasteiger partial charge is 0.392 e. The summed E-state index contributed by atoms with van der Waals surface area (Å²) in [5.74, 6) is 1.87. The molecule has 1 unspecified atom stereocenters. The summed E-state index contributed by atoms with van der Waals surface area (Å²) in [5, 5.41) is 17.8. The van der Waals surface area contributed by atoms with Gasteiger partial charge in [-0.05, 0) is 31.7 Å². The number of β-amino-alcohol motifs (C(OH)–C–C–N with tert-alkyl or cyclic N) is 1. The van der Waals surface area contributed by atoms with Gasteiger partial charge in [0, 0.05) is 37.7 Å². The Labute approximate surface area is 139 Å². The molecule has 130 valence electrons. The Bertz CT molecular complexity index is 498. The molecule has 0 bridgehead atoms. The molecule has 0 amide bonds. The van der Waals surface area contributed by atoms with Crippen LogP contribution in [0.4, 0.5) is 0 Å². The molecule has 5 heteroatoms. The van der Waals surface area contributed by atoms with Gasteiger partial charge < -0.3 is 14.9 Å². The fourth-order valence-electron chi connectivity index (χ4n) is 3.84. The SMILES string of the molecule is CCC(CC)CNC1CCc2onc(CN3CC[C@@H](O)C3)c2C1. The molecule has 5 nitrogen and oxygen atoms in total. The Morgan fingerprint density at radius 2 is 2.17 bits per heavy atom. The van der Waals surface area contributed by atoms with Crippen molar-refractivity contribution >= 4 is 0 Å². The molecule has 1 aromatic heterocycles. The second-order valence-electron chi connectivity index (χ2n) is 7.24. The molecule has 0 spiro atoms. The molecule has 1 aliphatic carbocycles. The Morgan fingerprint density at radius 1 is 1.35 bits per heavy atom. The van der Waals surface area contributed by atoms with Crippen LogP contribution in [0, 0.1) is 5.92 Å². The van der Waals surface area contributed by atoms with Crippen molar-refractivity contribution in [3.8, 4) is 0 Å². The van der Waals surface area contributed by atoms with Crippen LogP contribution in [0.1, 0.15) is 56.5 Å². The van der Waals surface area contributed by atoms with E-state index in [1.54, 1.807) is 0 Å². The minimum absolute atomic E-state index is 0.174. The average molecular weight is 321 g/mol. The third-order valence-corrected chi connectivity index (χ3v) is 5.59. The summed E-state index contributed by atoms with van der Waals surface area (Å²) in [4.78, 5) is 2.28. The smallest absolute Gasteiger partial charge is 0.140 e. The van der Waals surface area contributed by atoms with Crippen molar-refractivity contribution in [3.63, 3.8) is 0 Å². The third-order valence-electron chi connectivity index (χ3n) is 5.59. The molecular formula is C18H31N3O2. The lowest BCUT2D eigenvalue weighted by molar-refractivity contribution is 0.173. The maximum atomic E-state index is 9.68. The molecule has 0 aromatic carbocycles. The van der Waals surface area contributed by atoms with Gasteiger partial charge >= 0.3 is 0 Å². The monoisotopic (exact) mass is 321 g/mol. The predicted octanol–water partition coefficient (Wildman–Crippen LogP) is 2.12. The van der Waals surface area contributed by atoms with Crippen LogP contribution in [-0.2, 0) is 19.4 Å². The van der Waals surface area contributed by atoms with Gasteiger partial charge in [0.1, 0.15) is 11.5 Å². The van der Waals surface area contributed by atoms with E-state index in [1.807, 2.05) is 0 Å². The van der Waals surface area contributed by atoms with Crippen LogP contribution in [0.25, 0.3) is 0 Å². The normalized spacial score (nSPS) is 25.2. The number of hydrogen-bond donors (Lipinski definition) is 2. The lowest BCUT2D eigenvalue weighted by atomic mass is 9.91. The van der Waals surface area contributed by atoms with Crippen molar-refractivity contribution in [2.24, 2.45) is 5.92 Å². The molecule has 3 rings (SSSR count). The van der Waals surface area contributed by atoms with Crippen molar-refractivity contribution in [1.29, 1.82) is 0 Å². The van der Waals surface area contributed by atoms with Crippen molar-refractivity contribution in [1.82, 2.24) is 15.4 Å². The molecule has 2 N–H and O–H groups in total. The Morgan fingerprint density at radius 3 is 2.87 bits per heavy atom. The number of aliphatic hydroxyl groups is 1. The molecule has 1 aliphatic heterocycles. The number of likely N-dealkylation sites (tertiary alicyclic amines) is 1. The topological polar surface area (TPSA) is 61.5 Å². The van der Waals surface area contributed by atoms with Crippen LogP contribution in [0.15, 0.2) is 4.52 Å². The summed E-state index contributed by atoms with van der Waals surface area (Å²) >= 11 is 0. The number of fused-ring (bicyclic) bond motifs is 1. The van der Waals surface area contributed by atoms with Gasteiger partial charge in [-0.1, -0.05) is 31.8 Å². The van der Waals surface area contributed by atoms with Crippen LogP contribution in [0.2, 0.25) is 0 Å². The first-order valence-corrected chi connectivity index (χ1v) is 9.29. The number of aromatic nitrogens is 1. The van der Waals surface area contributed by atoms with Crippen molar-refractivity contribution in [2.75, 3.05) is 19.6 Å². The maximum Gasteiger partial charge on any atom is 0.140 e. The minimum Gasteiger partial charge on any atom is -0.392 e. The van der Waals surface area contributed by atoms with E-state index in [1.165, 1.54) is 18.4 Å². The number of aliphatic hydroxyl groups excluding tert-OH is 1. The van der Waals surface area contributed by atoms with Gasteiger partial charge in [0.2, 0.25) is 0 Å². The van der Waals surface area contributed by atoms with E-state index in [2.05, 4.69) is 29.2 Å². The zero-order valence-corrected chi connectivity index (χ0v) is 14.6. The Hall–Kier alpha value is -0.910. The number of nitrogens with one attached hydrogen (secondary N) is 1. The van der Waals surface area contributed by atoms with E-state index in [-0.39, 0.29) is 6.10 Å². The minimum atomic E-state index is -0.174. The van der Waals surface area contributed by atoms with E-state index in [9.17, 15) is 5.11 Å². The summed E-state index contributed by atoms with van der Waals surface area (Å²) in [7, 11) is 0. The van der Waals surface area contributed by atoms with E-state index in [0.29, 0.717) is 6.04 Å². The lowest BCUT2D eigenvalue weighted by Crippen LogP contribution is -2.37. The second kappa shape index (κ2) is 7.77. The van der Waals surface area contributed by atoms with E-state index in [4.69, 9.17) is 4.52 Å². The quantitative estimate of drug-likeness (QED) is 0.805. The maximum absolute atomic E-state index is 9.68. The van der Waals surface area contributed by atoms with Crippen LogP contribution >= 0.6 is 0 Å². The first-order chi connectivity index (χ1) is 11.2. The third kappa shape index (κ3) is 4.14. The lowest BCUT2D eigenvalue weighted by Gasteiger charge is -2.25. The first-order valence-electron chi connectivity index (χ1n) is 9.29. The molecule has 0 saturated carbocycles. The highest BCUT2D eigenvalue weighted by atomic mass is 16.5. The van der Waals surface area contributed by atoms with Gasteiger partial charge in [-0.2, -0.15) is 0 Å². The van der Waals surface area contributed by atoms with Crippen molar-refractivity contribution in [3.05, 3.63) is 17.0 Å². The molecule has 1 fully saturated rings. The van der Waals surface area contributed by atoms with Crippen molar-refractivity contribution < 1.29 is 9.63 Å². The predicted molar refractivity (Wildman–Crippen MR) is 90.3 cm³/mol. The highest BCUT2D eigenvalue weighted by Gasteiger charge is 2.28. The standard InChI is InChI=1S/C18H31N3O2/c1-3-13(4-2)10-19-14-5-6-18-16(9-14)17(20-23-18)12-21-8-7-15(22)11-21/h13-15,19,22H,3-12H2,1-2H3/t14?,15-/m1/s1. The highest BCUT2D eigenvalue weighted by molar-refractivity contribution is 5.27. The highest BCUT2D eigenvalue weighted by Crippen LogP contribution is 2.26. The fraction of sp³-hybridized carbons (Fsp3) is 0.833. The van der Waals surface area contributed by atoms with Gasteiger partial charge in [0.25, 0.3) is 0 Å². The van der Waals surface area contributed by atoms with E-state index < -0.39 is 0 Å². The summed E-state index contributed by atoms with van der Waals surface area (Å²) in [6, 6.07) is 0.547. The zero-order chi connectivity index (χ0) is 16.2. The zero-order valence-electron chi connectivity index (χ0n) is 14.6. The molecular weight excluding hydrogens is 290 g/mol. The van der Waals surface area contributed by atoms with E-state index >= 15 is 0 Å². The van der Waals surface area contributed by atoms with E-state index in [0.717, 1.165) is 69.2 Å². The number of rotatable bonds is 7. The van der Waals surface area contributed by atoms with Crippen LogP contribution < -0.4 is 5.32 Å². The molecule has 23 heavy (non-hydrogen) atoms. The number of nitrogens with zero attached hydrogens (tertiary/aromatic N) is 2. The molecule has 0 radical (unpaired) electrons. The second-order valence-corrected chi connectivity index (χ2v) is 7.24. The molecule has 2 aliphatic rings. The van der Waals surface area contributed by atoms with Gasteiger partial charge in [-0.15, -0.1) is 0 Å². The number of hydrogen-bond acceptors (Lipinski definition) is 5. The van der Waals surface area contributed by atoms with Crippen LogP contribution in [0.3, 0.4) is 0 Å². The van der Waals surface area contributed by atoms with Gasteiger partial charge in [-0.25, -0.2) is 0 Å². The Balaban J connectivity index is 1.57. The van der Waals surface area contributed by atoms with Crippen LogP contribution in [0.5, 0.6) is 0 Å². The molecule has 2 heterocycles. The fourth-order valence-corrected chi connectivity index (χ4v) is 3.84.